The summed E-state index contributed by atoms with van der Waals surface area (Å²) in [6.07, 6.45) is 0. The SMILES string of the molecule is c1ccc(-c2cccc(-c3nc4ccccc4nc3-c3cccc4oc5cc(-c6ccc7cc(N(c8ccccc8)c8ccccc8)ccc7c6)ccc5c34)c2)cc1. The number of rotatable bonds is 7. The Morgan fingerprint density at radius 3 is 1.67 bits per heavy atom. The zero-order valence-corrected chi connectivity index (χ0v) is 31.5. The van der Waals surface area contributed by atoms with Crippen LogP contribution in [0.25, 0.3) is 88.5 Å². The molecule has 0 saturated heterocycles. The van der Waals surface area contributed by atoms with Crippen molar-refractivity contribution in [3.63, 3.8) is 0 Å². The number of nitrogens with zero attached hydrogens (tertiary/aromatic N) is 3. The van der Waals surface area contributed by atoms with E-state index in [0.717, 1.165) is 94.8 Å². The number of hydrogen-bond acceptors (Lipinski definition) is 4. The van der Waals surface area contributed by atoms with Gasteiger partial charge in [-0.2, -0.15) is 0 Å². The van der Waals surface area contributed by atoms with Gasteiger partial charge in [0.25, 0.3) is 0 Å². The molecule has 11 aromatic rings. The minimum atomic E-state index is 0.816. The van der Waals surface area contributed by atoms with E-state index in [1.54, 1.807) is 0 Å². The van der Waals surface area contributed by atoms with Gasteiger partial charge in [0.2, 0.25) is 0 Å². The average molecular weight is 742 g/mol. The number of aromatic nitrogens is 2. The highest BCUT2D eigenvalue weighted by Crippen LogP contribution is 2.42. The van der Waals surface area contributed by atoms with Crippen LogP contribution in [0.4, 0.5) is 17.1 Å². The third-order valence-corrected chi connectivity index (χ3v) is 11.0. The fourth-order valence-electron chi connectivity index (χ4n) is 8.22. The van der Waals surface area contributed by atoms with Gasteiger partial charge < -0.3 is 9.32 Å². The number of anilines is 3. The van der Waals surface area contributed by atoms with Crippen molar-refractivity contribution in [2.75, 3.05) is 4.90 Å². The zero-order chi connectivity index (χ0) is 38.4. The van der Waals surface area contributed by atoms with Crippen molar-refractivity contribution < 1.29 is 4.42 Å². The van der Waals surface area contributed by atoms with Crippen molar-refractivity contribution in [2.45, 2.75) is 0 Å². The van der Waals surface area contributed by atoms with Gasteiger partial charge >= 0.3 is 0 Å². The van der Waals surface area contributed by atoms with E-state index >= 15 is 0 Å². The summed E-state index contributed by atoms with van der Waals surface area (Å²) >= 11 is 0. The summed E-state index contributed by atoms with van der Waals surface area (Å²) in [5.41, 5.74) is 14.9. The lowest BCUT2D eigenvalue weighted by Crippen LogP contribution is -2.09. The van der Waals surface area contributed by atoms with Crippen molar-refractivity contribution in [3.05, 3.63) is 212 Å². The largest absolute Gasteiger partial charge is 0.456 e. The molecule has 0 N–H and O–H groups in total. The first-order chi connectivity index (χ1) is 28.7. The Bertz CT molecular complexity index is 3240. The summed E-state index contributed by atoms with van der Waals surface area (Å²) in [4.78, 5) is 12.9. The van der Waals surface area contributed by atoms with E-state index < -0.39 is 0 Å². The topological polar surface area (TPSA) is 42.2 Å². The fraction of sp³-hybridized carbons (Fsp3) is 0. The number of hydrogen-bond donors (Lipinski definition) is 0. The molecule has 0 spiro atoms. The Kier molecular flexibility index (Phi) is 8.11. The first-order valence-corrected chi connectivity index (χ1v) is 19.6. The van der Waals surface area contributed by atoms with Crippen molar-refractivity contribution in [1.82, 2.24) is 9.97 Å². The molecule has 0 fully saturated rings. The van der Waals surface area contributed by atoms with Crippen LogP contribution in [0.3, 0.4) is 0 Å². The molecule has 0 atom stereocenters. The van der Waals surface area contributed by atoms with Gasteiger partial charge in [-0.15, -0.1) is 0 Å². The Labute approximate surface area is 335 Å². The number of benzene rings is 9. The van der Waals surface area contributed by atoms with E-state index in [9.17, 15) is 0 Å². The number of furan rings is 1. The lowest BCUT2D eigenvalue weighted by atomic mass is 9.96. The highest BCUT2D eigenvalue weighted by atomic mass is 16.3. The minimum Gasteiger partial charge on any atom is -0.456 e. The molecular formula is C54H35N3O. The van der Waals surface area contributed by atoms with Gasteiger partial charge in [0.15, 0.2) is 0 Å². The third kappa shape index (κ3) is 5.96. The molecule has 0 radical (unpaired) electrons. The Morgan fingerprint density at radius 2 is 0.914 bits per heavy atom. The van der Waals surface area contributed by atoms with Crippen LogP contribution in [0, 0.1) is 0 Å². The molecule has 0 bridgehead atoms. The van der Waals surface area contributed by atoms with Gasteiger partial charge in [-0.3, -0.25) is 0 Å². The Balaban J connectivity index is 0.998. The molecule has 4 nitrogen and oxygen atoms in total. The van der Waals surface area contributed by atoms with Crippen molar-refractivity contribution in [1.29, 1.82) is 0 Å². The standard InChI is InChI=1S/C54H35N3O/c1-4-14-36(15-5-1)37-16-12-17-42(33-37)53-54(56-49-24-11-10-23-48(49)55-53)47-22-13-25-50-52(47)46-31-29-41(35-51(46)58-50)38-26-27-40-34-45(30-28-39(40)32-38)57(43-18-6-2-7-19-43)44-20-8-3-9-21-44/h1-35H. The Hall–Kier alpha value is -7.82. The van der Waals surface area contributed by atoms with Gasteiger partial charge in [-0.25, -0.2) is 9.97 Å². The number of fused-ring (bicyclic) bond motifs is 5. The molecule has 272 valence electrons. The van der Waals surface area contributed by atoms with Crippen molar-refractivity contribution >= 4 is 60.8 Å². The molecule has 0 amide bonds. The zero-order valence-electron chi connectivity index (χ0n) is 31.5. The monoisotopic (exact) mass is 741 g/mol. The van der Waals surface area contributed by atoms with E-state index in [-0.39, 0.29) is 0 Å². The number of para-hydroxylation sites is 4. The van der Waals surface area contributed by atoms with Crippen molar-refractivity contribution in [3.8, 4) is 44.8 Å². The molecule has 2 aromatic heterocycles. The van der Waals surface area contributed by atoms with Crippen LogP contribution in [0.2, 0.25) is 0 Å². The molecule has 11 rings (SSSR count). The van der Waals surface area contributed by atoms with Gasteiger partial charge in [0, 0.05) is 39.0 Å². The molecule has 0 aliphatic heterocycles. The van der Waals surface area contributed by atoms with Gasteiger partial charge in [-0.05, 0) is 112 Å². The van der Waals surface area contributed by atoms with Crippen LogP contribution in [0.5, 0.6) is 0 Å². The summed E-state index contributed by atoms with van der Waals surface area (Å²) in [6.45, 7) is 0. The highest BCUT2D eigenvalue weighted by molar-refractivity contribution is 6.14. The van der Waals surface area contributed by atoms with E-state index in [1.807, 2.05) is 36.4 Å². The lowest BCUT2D eigenvalue weighted by Gasteiger charge is -2.25. The maximum Gasteiger partial charge on any atom is 0.136 e. The summed E-state index contributed by atoms with van der Waals surface area (Å²) in [7, 11) is 0. The maximum atomic E-state index is 6.65. The second-order valence-corrected chi connectivity index (χ2v) is 14.6. The van der Waals surface area contributed by atoms with Crippen LogP contribution in [-0.4, -0.2) is 9.97 Å². The van der Waals surface area contributed by atoms with E-state index in [0.29, 0.717) is 0 Å². The minimum absolute atomic E-state index is 0.816. The van der Waals surface area contributed by atoms with Gasteiger partial charge in [0.1, 0.15) is 11.2 Å². The fourth-order valence-corrected chi connectivity index (χ4v) is 8.22. The molecule has 0 aliphatic rings. The van der Waals surface area contributed by atoms with Crippen LogP contribution in [0.15, 0.2) is 217 Å². The van der Waals surface area contributed by atoms with Gasteiger partial charge in [0.05, 0.1) is 22.4 Å². The molecule has 0 unspecified atom stereocenters. The van der Waals surface area contributed by atoms with Crippen molar-refractivity contribution in [2.24, 2.45) is 0 Å². The second kappa shape index (κ2) is 14.0. The van der Waals surface area contributed by atoms with Gasteiger partial charge in [-0.1, -0.05) is 133 Å². The van der Waals surface area contributed by atoms with E-state index in [1.165, 1.54) is 10.8 Å². The lowest BCUT2D eigenvalue weighted by molar-refractivity contribution is 0.669. The summed E-state index contributed by atoms with van der Waals surface area (Å²) in [5, 5.41) is 4.42. The summed E-state index contributed by atoms with van der Waals surface area (Å²) in [5.74, 6) is 0. The predicted molar refractivity (Wildman–Crippen MR) is 241 cm³/mol. The normalized spacial score (nSPS) is 11.4. The van der Waals surface area contributed by atoms with Crippen LogP contribution in [-0.2, 0) is 0 Å². The van der Waals surface area contributed by atoms with E-state index in [4.69, 9.17) is 14.4 Å². The Morgan fingerprint density at radius 1 is 0.345 bits per heavy atom. The predicted octanol–water partition coefficient (Wildman–Crippen LogP) is 14.8. The van der Waals surface area contributed by atoms with Crippen LogP contribution in [0.1, 0.15) is 0 Å². The molecule has 0 aliphatic carbocycles. The first kappa shape index (κ1) is 33.5. The first-order valence-electron chi connectivity index (χ1n) is 19.6. The summed E-state index contributed by atoms with van der Waals surface area (Å²) < 4.78 is 6.65. The molecular weight excluding hydrogens is 707 g/mol. The average Bonchev–Trinajstić information content (AvgIpc) is 3.68. The second-order valence-electron chi connectivity index (χ2n) is 14.6. The quantitative estimate of drug-likeness (QED) is 0.163. The third-order valence-electron chi connectivity index (χ3n) is 11.0. The molecule has 2 heterocycles. The molecule has 0 saturated carbocycles. The van der Waals surface area contributed by atoms with Crippen LogP contribution >= 0.6 is 0 Å². The molecule has 4 heteroatoms. The van der Waals surface area contributed by atoms with E-state index in [2.05, 4.69) is 181 Å². The van der Waals surface area contributed by atoms with Crippen LogP contribution < -0.4 is 4.90 Å². The maximum absolute atomic E-state index is 6.65. The molecule has 9 aromatic carbocycles. The molecule has 58 heavy (non-hydrogen) atoms. The highest BCUT2D eigenvalue weighted by Gasteiger charge is 2.20. The smallest absolute Gasteiger partial charge is 0.136 e. The summed E-state index contributed by atoms with van der Waals surface area (Å²) in [6, 6.07) is 74.4.